The molecule has 4 heteroatoms. The van der Waals surface area contributed by atoms with Gasteiger partial charge in [0.25, 0.3) is 0 Å². The summed E-state index contributed by atoms with van der Waals surface area (Å²) in [5, 5.41) is 1.11. The van der Waals surface area contributed by atoms with Crippen LogP contribution in [0.25, 0.3) is 0 Å². The Bertz CT molecular complexity index is 611. The highest BCUT2D eigenvalue weighted by Crippen LogP contribution is 2.31. The van der Waals surface area contributed by atoms with Gasteiger partial charge < -0.3 is 9.64 Å². The van der Waals surface area contributed by atoms with Crippen LogP contribution in [0.2, 0.25) is 10.0 Å². The van der Waals surface area contributed by atoms with Crippen molar-refractivity contribution in [1.29, 1.82) is 0 Å². The van der Waals surface area contributed by atoms with Crippen molar-refractivity contribution in [1.82, 2.24) is 4.90 Å². The molecule has 1 unspecified atom stereocenters. The molecular weight excluding hydrogens is 317 g/mol. The second-order valence-electron chi connectivity index (χ2n) is 5.89. The van der Waals surface area contributed by atoms with Gasteiger partial charge in [-0.25, -0.2) is 0 Å². The monoisotopic (exact) mass is 337 g/mol. The van der Waals surface area contributed by atoms with Gasteiger partial charge in [-0.05, 0) is 62.3 Å². The Morgan fingerprint density at radius 1 is 1.05 bits per heavy atom. The predicted octanol–water partition coefficient (Wildman–Crippen LogP) is 5.53. The van der Waals surface area contributed by atoms with Gasteiger partial charge in [-0.2, -0.15) is 0 Å². The van der Waals surface area contributed by atoms with Crippen LogP contribution in [-0.2, 0) is 6.42 Å². The van der Waals surface area contributed by atoms with E-state index >= 15 is 0 Å². The van der Waals surface area contributed by atoms with E-state index in [1.807, 2.05) is 12.1 Å². The number of hydrogen-bond acceptors (Lipinski definition) is 2. The van der Waals surface area contributed by atoms with Crippen molar-refractivity contribution in [3.05, 3.63) is 58.1 Å². The molecule has 0 bridgehead atoms. The van der Waals surface area contributed by atoms with Crippen LogP contribution in [0, 0.1) is 5.92 Å². The third kappa shape index (κ3) is 5.20. The van der Waals surface area contributed by atoms with Gasteiger partial charge in [0.2, 0.25) is 0 Å². The number of rotatable bonds is 6. The molecule has 0 aliphatic carbocycles. The Morgan fingerprint density at radius 2 is 1.73 bits per heavy atom. The first-order valence-electron chi connectivity index (χ1n) is 7.30. The van der Waals surface area contributed by atoms with Gasteiger partial charge in [0.05, 0.1) is 5.02 Å². The van der Waals surface area contributed by atoms with Gasteiger partial charge in [-0.1, -0.05) is 42.3 Å². The first-order valence-corrected chi connectivity index (χ1v) is 8.06. The maximum absolute atomic E-state index is 6.11. The van der Waals surface area contributed by atoms with Crippen LogP contribution in [0.15, 0.2) is 42.5 Å². The number of benzene rings is 2. The SMILES string of the molecule is CC(Cc1ccc(Oc2ccc(Cl)cc2Cl)cc1)CN(C)C. The zero-order valence-electron chi connectivity index (χ0n) is 13.1. The van der Waals surface area contributed by atoms with E-state index in [0.29, 0.717) is 21.7 Å². The van der Waals surface area contributed by atoms with Crippen LogP contribution in [0.5, 0.6) is 11.5 Å². The lowest BCUT2D eigenvalue weighted by molar-refractivity contribution is 0.338. The van der Waals surface area contributed by atoms with Crippen LogP contribution in [0.4, 0.5) is 0 Å². The molecule has 0 N–H and O–H groups in total. The van der Waals surface area contributed by atoms with Gasteiger partial charge in [-0.15, -0.1) is 0 Å². The molecule has 2 rings (SSSR count). The quantitative estimate of drug-likeness (QED) is 0.687. The van der Waals surface area contributed by atoms with Crippen LogP contribution >= 0.6 is 23.2 Å². The number of ether oxygens (including phenoxy) is 1. The summed E-state index contributed by atoms with van der Waals surface area (Å²) in [5.74, 6) is 2.00. The van der Waals surface area contributed by atoms with Crippen molar-refractivity contribution in [3.8, 4) is 11.5 Å². The summed E-state index contributed by atoms with van der Waals surface area (Å²) < 4.78 is 5.79. The fraction of sp³-hybridized carbons (Fsp3) is 0.333. The van der Waals surface area contributed by atoms with Crippen LogP contribution in [0.3, 0.4) is 0 Å². The number of hydrogen-bond donors (Lipinski definition) is 0. The molecular formula is C18H21Cl2NO. The molecule has 2 aromatic rings. The Balaban J connectivity index is 1.99. The fourth-order valence-electron chi connectivity index (χ4n) is 2.47. The number of halogens is 2. The van der Waals surface area contributed by atoms with Crippen molar-refractivity contribution in [2.24, 2.45) is 5.92 Å². The molecule has 0 spiro atoms. The molecule has 0 aliphatic heterocycles. The molecule has 0 saturated heterocycles. The average Bonchev–Trinajstić information content (AvgIpc) is 2.43. The molecule has 1 atom stereocenters. The third-order valence-electron chi connectivity index (χ3n) is 3.31. The van der Waals surface area contributed by atoms with Gasteiger partial charge in [-0.3, -0.25) is 0 Å². The maximum atomic E-state index is 6.11. The lowest BCUT2D eigenvalue weighted by atomic mass is 10.0. The van der Waals surface area contributed by atoms with Crippen LogP contribution in [-0.4, -0.2) is 25.5 Å². The van der Waals surface area contributed by atoms with E-state index < -0.39 is 0 Å². The molecule has 0 saturated carbocycles. The topological polar surface area (TPSA) is 12.5 Å². The highest BCUT2D eigenvalue weighted by atomic mass is 35.5. The standard InChI is InChI=1S/C18H21Cl2NO/c1-13(12-21(2)3)10-14-4-7-16(8-5-14)22-18-9-6-15(19)11-17(18)20/h4-9,11,13H,10,12H2,1-3H3. The highest BCUT2D eigenvalue weighted by Gasteiger charge is 2.07. The van der Waals surface area contributed by atoms with Crippen LogP contribution < -0.4 is 4.74 Å². The van der Waals surface area contributed by atoms with Crippen molar-refractivity contribution in [2.45, 2.75) is 13.3 Å². The molecule has 0 aliphatic rings. The zero-order valence-corrected chi connectivity index (χ0v) is 14.7. The molecule has 0 aromatic heterocycles. The van der Waals surface area contributed by atoms with Gasteiger partial charge in [0, 0.05) is 11.6 Å². The maximum Gasteiger partial charge on any atom is 0.146 e. The molecule has 2 aromatic carbocycles. The minimum absolute atomic E-state index is 0.510. The van der Waals surface area contributed by atoms with E-state index in [1.165, 1.54) is 5.56 Å². The summed E-state index contributed by atoms with van der Waals surface area (Å²) >= 11 is 12.0. The molecule has 0 fully saturated rings. The predicted molar refractivity (Wildman–Crippen MR) is 94.4 cm³/mol. The van der Waals surface area contributed by atoms with Gasteiger partial charge in [0.1, 0.15) is 11.5 Å². The Morgan fingerprint density at radius 3 is 2.32 bits per heavy atom. The van der Waals surface area contributed by atoms with E-state index in [4.69, 9.17) is 27.9 Å². The second kappa shape index (κ2) is 7.87. The van der Waals surface area contributed by atoms with Crippen molar-refractivity contribution >= 4 is 23.2 Å². The lowest BCUT2D eigenvalue weighted by Crippen LogP contribution is -2.21. The zero-order chi connectivity index (χ0) is 16.1. The molecule has 0 amide bonds. The largest absolute Gasteiger partial charge is 0.456 e. The Kier molecular flexibility index (Phi) is 6.13. The summed E-state index contributed by atoms with van der Waals surface area (Å²) in [5.41, 5.74) is 1.31. The minimum Gasteiger partial charge on any atom is -0.456 e. The van der Waals surface area contributed by atoms with Gasteiger partial charge >= 0.3 is 0 Å². The first kappa shape index (κ1) is 17.1. The van der Waals surface area contributed by atoms with Gasteiger partial charge in [0.15, 0.2) is 0 Å². The Hall–Kier alpha value is -1.22. The molecule has 2 nitrogen and oxygen atoms in total. The van der Waals surface area contributed by atoms with Crippen molar-refractivity contribution in [3.63, 3.8) is 0 Å². The summed E-state index contributed by atoms with van der Waals surface area (Å²) in [4.78, 5) is 2.21. The van der Waals surface area contributed by atoms with E-state index in [2.05, 4.69) is 38.1 Å². The van der Waals surface area contributed by atoms with E-state index in [1.54, 1.807) is 18.2 Å². The molecule has 118 valence electrons. The number of nitrogens with zero attached hydrogens (tertiary/aromatic N) is 1. The smallest absolute Gasteiger partial charge is 0.146 e. The summed E-state index contributed by atoms with van der Waals surface area (Å²) in [6, 6.07) is 13.4. The fourth-order valence-corrected chi connectivity index (χ4v) is 2.92. The molecule has 0 heterocycles. The summed E-state index contributed by atoms with van der Waals surface area (Å²) in [7, 11) is 4.20. The minimum atomic E-state index is 0.510. The normalized spacial score (nSPS) is 12.5. The average molecular weight is 338 g/mol. The van der Waals surface area contributed by atoms with Crippen LogP contribution in [0.1, 0.15) is 12.5 Å². The van der Waals surface area contributed by atoms with E-state index in [9.17, 15) is 0 Å². The summed E-state index contributed by atoms with van der Waals surface area (Å²) in [6.07, 6.45) is 1.06. The first-order chi connectivity index (χ1) is 10.4. The Labute approximate surface area is 142 Å². The molecule has 0 radical (unpaired) electrons. The molecule has 22 heavy (non-hydrogen) atoms. The summed E-state index contributed by atoms with van der Waals surface area (Å²) in [6.45, 7) is 3.34. The highest BCUT2D eigenvalue weighted by molar-refractivity contribution is 6.35. The van der Waals surface area contributed by atoms with E-state index in [-0.39, 0.29) is 0 Å². The second-order valence-corrected chi connectivity index (χ2v) is 6.74. The van der Waals surface area contributed by atoms with Crippen molar-refractivity contribution < 1.29 is 4.74 Å². The van der Waals surface area contributed by atoms with Crippen molar-refractivity contribution in [2.75, 3.05) is 20.6 Å². The van der Waals surface area contributed by atoms with E-state index in [0.717, 1.165) is 18.7 Å². The lowest BCUT2D eigenvalue weighted by Gasteiger charge is -2.17. The third-order valence-corrected chi connectivity index (χ3v) is 3.84.